The highest BCUT2D eigenvalue weighted by molar-refractivity contribution is 6.32. The Morgan fingerprint density at radius 3 is 2.80 bits per heavy atom. The summed E-state index contributed by atoms with van der Waals surface area (Å²) in [6, 6.07) is 3.91. The number of hydrogen-bond donors (Lipinski definition) is 1. The average molecular weight is 306 g/mol. The van der Waals surface area contributed by atoms with Gasteiger partial charge in [0.25, 0.3) is 5.91 Å². The molecule has 0 saturated heterocycles. The molecule has 0 fully saturated rings. The summed E-state index contributed by atoms with van der Waals surface area (Å²) in [5.41, 5.74) is 0.316. The van der Waals surface area contributed by atoms with E-state index in [2.05, 4.69) is 10.1 Å². The van der Waals surface area contributed by atoms with Crippen LogP contribution in [0.2, 0.25) is 5.02 Å². The van der Waals surface area contributed by atoms with Crippen LogP contribution in [0.3, 0.4) is 0 Å². The van der Waals surface area contributed by atoms with E-state index in [4.69, 9.17) is 21.1 Å². The minimum absolute atomic E-state index is 0.0280. The first-order chi connectivity index (χ1) is 9.56. The van der Waals surface area contributed by atoms with E-state index in [1.165, 1.54) is 24.5 Å². The summed E-state index contributed by atoms with van der Waals surface area (Å²) >= 11 is 5.76. The normalized spacial score (nSPS) is 14.1. The lowest BCUT2D eigenvalue weighted by molar-refractivity contribution is -0.117. The first-order valence-corrected chi connectivity index (χ1v) is 5.94. The van der Waals surface area contributed by atoms with E-state index in [0.29, 0.717) is 12.3 Å². The number of nitrogens with one attached hydrogen (secondary N) is 1. The van der Waals surface area contributed by atoms with E-state index in [-0.39, 0.29) is 23.1 Å². The molecule has 1 amide bonds. The van der Waals surface area contributed by atoms with Gasteiger partial charge in [0.05, 0.1) is 5.02 Å². The third-order valence-electron chi connectivity index (χ3n) is 2.28. The van der Waals surface area contributed by atoms with Crippen molar-refractivity contribution in [2.75, 3.05) is 18.5 Å². The van der Waals surface area contributed by atoms with Gasteiger partial charge in [-0.05, 0) is 18.2 Å². The van der Waals surface area contributed by atoms with Crippen LogP contribution in [0.15, 0.2) is 30.2 Å². The van der Waals surface area contributed by atoms with E-state index in [9.17, 15) is 13.6 Å². The van der Waals surface area contributed by atoms with Gasteiger partial charge < -0.3 is 19.5 Å². The number of rotatable bonds is 4. The van der Waals surface area contributed by atoms with Crippen molar-refractivity contribution in [3.63, 3.8) is 0 Å². The third-order valence-corrected chi connectivity index (χ3v) is 2.57. The first-order valence-electron chi connectivity index (χ1n) is 5.56. The number of anilines is 1. The van der Waals surface area contributed by atoms with Crippen LogP contribution in [0.4, 0.5) is 14.5 Å². The molecule has 8 heteroatoms. The van der Waals surface area contributed by atoms with Gasteiger partial charge >= 0.3 is 6.61 Å². The zero-order valence-corrected chi connectivity index (χ0v) is 10.8. The smallest absolute Gasteiger partial charge is 0.387 e. The Labute approximate surface area is 118 Å². The second-order valence-electron chi connectivity index (χ2n) is 3.68. The standard InChI is InChI=1S/C12H10ClF2NO4/c13-8-5-7(1-2-9(8)20-12(14)15)16-11(17)10-6-18-3-4-19-10/h1-2,5-6,12H,3-4H2,(H,16,17). The molecule has 0 saturated carbocycles. The van der Waals surface area contributed by atoms with Crippen LogP contribution in [0.5, 0.6) is 5.75 Å². The number of amides is 1. The maximum absolute atomic E-state index is 12.1. The molecule has 1 aromatic rings. The second kappa shape index (κ2) is 6.42. The molecule has 0 aromatic heterocycles. The van der Waals surface area contributed by atoms with E-state index >= 15 is 0 Å². The van der Waals surface area contributed by atoms with Crippen LogP contribution in [-0.4, -0.2) is 25.7 Å². The molecule has 0 bridgehead atoms. The van der Waals surface area contributed by atoms with Crippen molar-refractivity contribution in [3.05, 3.63) is 35.2 Å². The van der Waals surface area contributed by atoms with Crippen LogP contribution in [0.25, 0.3) is 0 Å². The van der Waals surface area contributed by atoms with E-state index in [0.717, 1.165) is 0 Å². The largest absolute Gasteiger partial charge is 0.494 e. The highest BCUT2D eigenvalue weighted by atomic mass is 35.5. The molecule has 0 atom stereocenters. The summed E-state index contributed by atoms with van der Waals surface area (Å²) in [6.45, 7) is -2.31. The molecule has 2 rings (SSSR count). The van der Waals surface area contributed by atoms with Gasteiger partial charge in [-0.1, -0.05) is 11.6 Å². The monoisotopic (exact) mass is 305 g/mol. The highest BCUT2D eigenvalue weighted by Crippen LogP contribution is 2.29. The molecule has 20 heavy (non-hydrogen) atoms. The van der Waals surface area contributed by atoms with Crippen molar-refractivity contribution < 1.29 is 27.8 Å². The molecule has 0 spiro atoms. The van der Waals surface area contributed by atoms with Gasteiger partial charge in [-0.15, -0.1) is 0 Å². The lowest BCUT2D eigenvalue weighted by atomic mass is 10.3. The quantitative estimate of drug-likeness (QED) is 0.929. The highest BCUT2D eigenvalue weighted by Gasteiger charge is 2.16. The molecule has 5 nitrogen and oxygen atoms in total. The summed E-state index contributed by atoms with van der Waals surface area (Å²) in [6.07, 6.45) is 1.20. The Balaban J connectivity index is 2.04. The lowest BCUT2D eigenvalue weighted by Crippen LogP contribution is -2.21. The van der Waals surface area contributed by atoms with Gasteiger partial charge in [0.1, 0.15) is 25.2 Å². The summed E-state index contributed by atoms with van der Waals surface area (Å²) < 4.78 is 38.4. The first kappa shape index (κ1) is 14.4. The molecule has 1 aromatic carbocycles. The average Bonchev–Trinajstić information content (AvgIpc) is 2.42. The number of halogens is 3. The van der Waals surface area contributed by atoms with Crippen molar-refractivity contribution in [3.8, 4) is 5.75 Å². The Morgan fingerprint density at radius 1 is 1.40 bits per heavy atom. The topological polar surface area (TPSA) is 56.8 Å². The lowest BCUT2D eigenvalue weighted by Gasteiger charge is -2.15. The van der Waals surface area contributed by atoms with Crippen molar-refractivity contribution in [2.24, 2.45) is 0 Å². The molecule has 1 N–H and O–H groups in total. The summed E-state index contributed by atoms with van der Waals surface area (Å²) in [5.74, 6) is -0.667. The van der Waals surface area contributed by atoms with E-state index in [1.807, 2.05) is 0 Å². The van der Waals surface area contributed by atoms with Gasteiger partial charge in [-0.25, -0.2) is 0 Å². The molecule has 1 heterocycles. The zero-order chi connectivity index (χ0) is 14.5. The van der Waals surface area contributed by atoms with Crippen molar-refractivity contribution in [2.45, 2.75) is 6.61 Å². The summed E-state index contributed by atoms with van der Waals surface area (Å²) in [7, 11) is 0. The maximum atomic E-state index is 12.1. The van der Waals surface area contributed by atoms with Crippen LogP contribution in [-0.2, 0) is 14.3 Å². The van der Waals surface area contributed by atoms with Crippen molar-refractivity contribution >= 4 is 23.2 Å². The van der Waals surface area contributed by atoms with Crippen molar-refractivity contribution in [1.82, 2.24) is 0 Å². The predicted octanol–water partition coefficient (Wildman–Crippen LogP) is 2.77. The summed E-state index contributed by atoms with van der Waals surface area (Å²) in [5, 5.41) is 2.45. The number of benzene rings is 1. The van der Waals surface area contributed by atoms with Crippen LogP contribution >= 0.6 is 11.6 Å². The third kappa shape index (κ3) is 3.74. The second-order valence-corrected chi connectivity index (χ2v) is 4.09. The number of hydrogen-bond acceptors (Lipinski definition) is 4. The fourth-order valence-corrected chi connectivity index (χ4v) is 1.68. The van der Waals surface area contributed by atoms with E-state index < -0.39 is 12.5 Å². The Hall–Kier alpha value is -2.02. The number of carbonyl (C=O) groups is 1. The molecule has 0 radical (unpaired) electrons. The van der Waals surface area contributed by atoms with Gasteiger partial charge in [0.2, 0.25) is 5.76 Å². The van der Waals surface area contributed by atoms with Crippen molar-refractivity contribution in [1.29, 1.82) is 0 Å². The van der Waals surface area contributed by atoms with Gasteiger partial charge in [-0.3, -0.25) is 4.79 Å². The fraction of sp³-hybridized carbons (Fsp3) is 0.250. The SMILES string of the molecule is O=C(Nc1ccc(OC(F)F)c(Cl)c1)C1=COCCO1. The van der Waals surface area contributed by atoms with Crippen LogP contribution in [0.1, 0.15) is 0 Å². The molecule has 108 valence electrons. The van der Waals surface area contributed by atoms with Gasteiger partial charge in [0, 0.05) is 5.69 Å². The van der Waals surface area contributed by atoms with Crippen LogP contribution < -0.4 is 10.1 Å². The van der Waals surface area contributed by atoms with Gasteiger partial charge in [-0.2, -0.15) is 8.78 Å². The Bertz CT molecular complexity index is 536. The zero-order valence-electron chi connectivity index (χ0n) is 10.1. The van der Waals surface area contributed by atoms with Crippen LogP contribution in [0, 0.1) is 0 Å². The maximum Gasteiger partial charge on any atom is 0.387 e. The molecular formula is C12H10ClF2NO4. The fourth-order valence-electron chi connectivity index (χ4n) is 1.45. The van der Waals surface area contributed by atoms with E-state index in [1.54, 1.807) is 0 Å². The molecule has 1 aliphatic heterocycles. The minimum Gasteiger partial charge on any atom is -0.494 e. The molecule has 1 aliphatic rings. The predicted molar refractivity (Wildman–Crippen MR) is 66.7 cm³/mol. The number of ether oxygens (including phenoxy) is 3. The number of alkyl halides is 2. The summed E-state index contributed by atoms with van der Waals surface area (Å²) in [4.78, 5) is 11.8. The molecule has 0 unspecified atom stereocenters. The van der Waals surface area contributed by atoms with Gasteiger partial charge in [0.15, 0.2) is 0 Å². The Morgan fingerprint density at radius 2 is 2.20 bits per heavy atom. The number of carbonyl (C=O) groups excluding carboxylic acids is 1. The minimum atomic E-state index is -2.97. The Kier molecular flexibility index (Phi) is 4.62. The molecular weight excluding hydrogens is 296 g/mol. The molecule has 0 aliphatic carbocycles.